The van der Waals surface area contributed by atoms with Gasteiger partial charge in [-0.15, -0.1) is 0 Å². The van der Waals surface area contributed by atoms with Crippen molar-refractivity contribution in [2.24, 2.45) is 5.11 Å². The second kappa shape index (κ2) is 13.6. The molecule has 220 valence electrons. The zero-order valence-electron chi connectivity index (χ0n) is 24.3. The molecule has 0 aliphatic carbocycles. The number of nitrogens with zero attached hydrogens (tertiary/aromatic N) is 9. The van der Waals surface area contributed by atoms with Crippen LogP contribution in [0.1, 0.15) is 5.56 Å². The lowest BCUT2D eigenvalue weighted by Crippen LogP contribution is -2.44. The highest BCUT2D eigenvalue weighted by Crippen LogP contribution is 2.32. The summed E-state index contributed by atoms with van der Waals surface area (Å²) in [5.41, 5.74) is 14.5. The summed E-state index contributed by atoms with van der Waals surface area (Å²) in [5, 5.41) is 10.2. The summed E-state index contributed by atoms with van der Waals surface area (Å²) in [6.07, 6.45) is 3.64. The average molecular weight is 608 g/mol. The van der Waals surface area contributed by atoms with Crippen LogP contribution in [0.15, 0.2) is 53.9 Å². The van der Waals surface area contributed by atoms with E-state index in [2.05, 4.69) is 65.1 Å². The Balaban J connectivity index is 0.000000169. The lowest BCUT2D eigenvalue weighted by Gasteiger charge is -2.34. The van der Waals surface area contributed by atoms with Crippen molar-refractivity contribution in [3.8, 4) is 0 Å². The Bertz CT molecular complexity index is 1590. The van der Waals surface area contributed by atoms with Crippen LogP contribution in [0.2, 0.25) is 10.0 Å². The lowest BCUT2D eigenvalue weighted by atomic mass is 10.1. The molecule has 0 amide bonds. The molecule has 1 N–H and O–H groups in total. The van der Waals surface area contributed by atoms with E-state index >= 15 is 0 Å². The molecule has 0 saturated carbocycles. The molecule has 6 rings (SSSR count). The molecule has 2 aliphatic rings. The van der Waals surface area contributed by atoms with E-state index in [0.717, 1.165) is 102 Å². The van der Waals surface area contributed by atoms with Crippen LogP contribution in [-0.2, 0) is 6.54 Å². The van der Waals surface area contributed by atoms with Gasteiger partial charge in [0.1, 0.15) is 0 Å². The second-order valence-electron chi connectivity index (χ2n) is 10.8. The monoisotopic (exact) mass is 606 g/mol. The van der Waals surface area contributed by atoms with Gasteiger partial charge in [0.25, 0.3) is 0 Å². The number of hydrogen-bond donors (Lipinski definition) is 1. The fraction of sp³-hybridized carbons (Fsp3) is 0.400. The van der Waals surface area contributed by atoms with Gasteiger partial charge in [0.05, 0.1) is 40.8 Å². The smallest absolute Gasteiger partial charge is 0.0938 e. The number of halogens is 2. The fourth-order valence-corrected chi connectivity index (χ4v) is 5.79. The average Bonchev–Trinajstić information content (AvgIpc) is 2.99. The van der Waals surface area contributed by atoms with Gasteiger partial charge in [-0.1, -0.05) is 28.3 Å². The number of anilines is 3. The van der Waals surface area contributed by atoms with Gasteiger partial charge in [-0.3, -0.25) is 9.97 Å². The van der Waals surface area contributed by atoms with Crippen molar-refractivity contribution in [1.82, 2.24) is 19.8 Å². The highest BCUT2D eigenvalue weighted by molar-refractivity contribution is 6.32. The van der Waals surface area contributed by atoms with Crippen LogP contribution >= 0.6 is 23.2 Å². The van der Waals surface area contributed by atoms with Crippen LogP contribution in [0.3, 0.4) is 0 Å². The Morgan fingerprint density at radius 3 is 1.76 bits per heavy atom. The number of fused-ring (bicyclic) bond motifs is 2. The number of likely N-dealkylation sites (N-methyl/N-ethyl adjacent to an activating group) is 2. The van der Waals surface area contributed by atoms with E-state index in [-0.39, 0.29) is 0 Å². The molecule has 0 atom stereocenters. The van der Waals surface area contributed by atoms with E-state index in [9.17, 15) is 0 Å². The zero-order chi connectivity index (χ0) is 29.6. The van der Waals surface area contributed by atoms with E-state index < -0.39 is 0 Å². The van der Waals surface area contributed by atoms with Crippen LogP contribution in [0.5, 0.6) is 0 Å². The van der Waals surface area contributed by atoms with Crippen LogP contribution < -0.4 is 15.1 Å². The summed E-state index contributed by atoms with van der Waals surface area (Å²) in [7, 11) is 6.19. The summed E-state index contributed by atoms with van der Waals surface area (Å²) in [4.78, 5) is 21.3. The number of piperazine rings is 2. The maximum atomic E-state index is 8.43. The van der Waals surface area contributed by atoms with Crippen molar-refractivity contribution >= 4 is 62.1 Å². The molecule has 0 spiro atoms. The van der Waals surface area contributed by atoms with Gasteiger partial charge in [0.15, 0.2) is 0 Å². The molecular weight excluding hydrogens is 571 g/mol. The van der Waals surface area contributed by atoms with E-state index in [1.54, 1.807) is 6.20 Å². The third-order valence-corrected chi connectivity index (χ3v) is 8.24. The van der Waals surface area contributed by atoms with Gasteiger partial charge >= 0.3 is 0 Å². The lowest BCUT2D eigenvalue weighted by molar-refractivity contribution is 0.313. The van der Waals surface area contributed by atoms with E-state index in [1.807, 2.05) is 43.6 Å². The predicted octanol–water partition coefficient (Wildman–Crippen LogP) is 6.13. The van der Waals surface area contributed by atoms with Crippen molar-refractivity contribution in [3.63, 3.8) is 0 Å². The van der Waals surface area contributed by atoms with Crippen molar-refractivity contribution in [3.05, 3.63) is 74.8 Å². The minimum atomic E-state index is 0.301. The Hall–Kier alpha value is -3.53. The topological polar surface area (TPSA) is 99.5 Å². The van der Waals surface area contributed by atoms with E-state index in [0.29, 0.717) is 11.6 Å². The molecule has 12 heteroatoms. The molecule has 2 saturated heterocycles. The third-order valence-electron chi connectivity index (χ3n) is 7.81. The molecule has 42 heavy (non-hydrogen) atoms. The molecule has 2 aromatic carbocycles. The van der Waals surface area contributed by atoms with Gasteiger partial charge < -0.3 is 24.9 Å². The van der Waals surface area contributed by atoms with Gasteiger partial charge in [-0.05, 0) is 61.6 Å². The zero-order valence-corrected chi connectivity index (χ0v) is 25.8. The number of benzene rings is 2. The molecule has 4 aromatic rings. The Morgan fingerprint density at radius 1 is 0.762 bits per heavy atom. The van der Waals surface area contributed by atoms with Crippen LogP contribution in [0.25, 0.3) is 32.2 Å². The summed E-state index contributed by atoms with van der Waals surface area (Å²) >= 11 is 12.6. The van der Waals surface area contributed by atoms with Gasteiger partial charge in [-0.2, -0.15) is 0 Å². The highest BCUT2D eigenvalue weighted by Gasteiger charge is 2.19. The molecule has 0 bridgehead atoms. The molecule has 2 fully saturated rings. The van der Waals surface area contributed by atoms with Crippen LogP contribution in [0.4, 0.5) is 17.1 Å². The van der Waals surface area contributed by atoms with Gasteiger partial charge in [0, 0.05) is 91.3 Å². The maximum absolute atomic E-state index is 8.43. The van der Waals surface area contributed by atoms with Crippen molar-refractivity contribution in [1.29, 1.82) is 0 Å². The molecule has 0 radical (unpaired) electrons. The quantitative estimate of drug-likeness (QED) is 0.166. The molecule has 10 nitrogen and oxygen atoms in total. The summed E-state index contributed by atoms with van der Waals surface area (Å²) in [5.74, 6) is 0. The molecule has 4 heterocycles. The SMILES string of the molecule is CN1CCN(c2cc(Cl)cc3cc(CN=[N+]=[N-])cnc23)CC1.CNc1cnc2c(N3CCN(C)CC3)cc(Cl)cc2c1. The number of nitrogens with one attached hydrogen (secondary N) is 1. The van der Waals surface area contributed by atoms with Crippen molar-refractivity contribution < 1.29 is 0 Å². The fourth-order valence-electron chi connectivity index (χ4n) is 5.35. The summed E-state index contributed by atoms with van der Waals surface area (Å²) in [6, 6.07) is 12.0. The standard InChI is InChI=1S/C15H17ClN6.C15H19ClN4/c1-21-2-4-22(5-3-21)14-8-13(16)7-12-6-11(10-19-20-17)9-18-15(12)14;1-17-13-8-11-7-12(16)9-14(15(11)18-10-13)20-5-3-19(2)4-6-20/h6-9H,2-5,10H2,1H3;7-10,17H,3-6H2,1-2H3. The second-order valence-corrected chi connectivity index (χ2v) is 11.7. The van der Waals surface area contributed by atoms with Gasteiger partial charge in [0.2, 0.25) is 0 Å². The van der Waals surface area contributed by atoms with E-state index in [1.165, 1.54) is 0 Å². The van der Waals surface area contributed by atoms with E-state index in [4.69, 9.17) is 28.7 Å². The molecule has 2 aliphatic heterocycles. The minimum Gasteiger partial charge on any atom is -0.387 e. The molecular formula is C30H36Cl2N10. The Labute approximate surface area is 256 Å². The van der Waals surface area contributed by atoms with Crippen LogP contribution in [0, 0.1) is 0 Å². The highest BCUT2D eigenvalue weighted by atomic mass is 35.5. The summed E-state index contributed by atoms with van der Waals surface area (Å²) in [6.45, 7) is 8.47. The Kier molecular flexibility index (Phi) is 9.72. The first-order valence-corrected chi connectivity index (χ1v) is 14.8. The van der Waals surface area contributed by atoms with Gasteiger partial charge in [-0.25, -0.2) is 0 Å². The van der Waals surface area contributed by atoms with Crippen molar-refractivity contribution in [2.45, 2.75) is 6.54 Å². The number of aromatic nitrogens is 2. The van der Waals surface area contributed by atoms with Crippen molar-refractivity contribution in [2.75, 3.05) is 88.6 Å². The largest absolute Gasteiger partial charge is 0.387 e. The third kappa shape index (κ3) is 7.09. The first-order valence-electron chi connectivity index (χ1n) is 14.1. The minimum absolute atomic E-state index is 0.301. The maximum Gasteiger partial charge on any atom is 0.0938 e. The first kappa shape index (κ1) is 29.9. The first-order chi connectivity index (χ1) is 20.3. The molecule has 2 aromatic heterocycles. The molecule has 0 unspecified atom stereocenters. The normalized spacial score (nSPS) is 16.2. The number of rotatable bonds is 5. The number of pyridine rings is 2. The summed E-state index contributed by atoms with van der Waals surface area (Å²) < 4.78 is 0. The van der Waals surface area contributed by atoms with Crippen LogP contribution in [-0.4, -0.2) is 93.3 Å². The Morgan fingerprint density at radius 2 is 1.26 bits per heavy atom. The number of hydrogen-bond acceptors (Lipinski definition) is 8. The number of azide groups is 1. The predicted molar refractivity (Wildman–Crippen MR) is 175 cm³/mol.